The van der Waals surface area contributed by atoms with E-state index in [0.29, 0.717) is 5.75 Å². The van der Waals surface area contributed by atoms with Crippen LogP contribution in [0.4, 0.5) is 4.39 Å². The largest absolute Gasteiger partial charge is 0.497 e. The molecule has 0 unspecified atom stereocenters. The van der Waals surface area contributed by atoms with Gasteiger partial charge in [0.2, 0.25) is 0 Å². The summed E-state index contributed by atoms with van der Waals surface area (Å²) < 4.78 is 42.2. The Kier molecular flexibility index (Phi) is 4.37. The van der Waals surface area contributed by atoms with Gasteiger partial charge in [-0.15, -0.1) is 0 Å². The lowest BCUT2D eigenvalue weighted by atomic mass is 10.1. The van der Waals surface area contributed by atoms with E-state index in [9.17, 15) is 17.6 Å². The van der Waals surface area contributed by atoms with Gasteiger partial charge in [-0.2, -0.15) is 0 Å². The first-order valence-electron chi connectivity index (χ1n) is 6.08. The molecule has 0 aromatic heterocycles. The second-order valence-corrected chi connectivity index (χ2v) is 6.36. The predicted octanol–water partition coefficient (Wildman–Crippen LogP) is 2.49. The molecule has 0 aliphatic carbocycles. The van der Waals surface area contributed by atoms with Crippen molar-refractivity contribution >= 4 is 15.6 Å². The van der Waals surface area contributed by atoms with Gasteiger partial charge in [0, 0.05) is 5.56 Å². The molecule has 0 spiro atoms. The third-order valence-corrected chi connectivity index (χ3v) is 4.50. The summed E-state index contributed by atoms with van der Waals surface area (Å²) in [4.78, 5) is 12.0. The van der Waals surface area contributed by atoms with E-state index in [2.05, 4.69) is 0 Å². The van der Waals surface area contributed by atoms with Gasteiger partial charge < -0.3 is 4.74 Å². The minimum absolute atomic E-state index is 0.0114. The van der Waals surface area contributed by atoms with E-state index in [1.165, 1.54) is 37.4 Å². The molecule has 21 heavy (non-hydrogen) atoms. The molecule has 6 heteroatoms. The number of ketones is 1. The standard InChI is InChI=1S/C15H13FO4S/c1-20-13-3-2-4-14(9-13)21(18,19)10-15(17)11-5-7-12(16)8-6-11/h2-9H,10H2,1H3. The van der Waals surface area contributed by atoms with Crippen molar-refractivity contribution in [3.8, 4) is 5.75 Å². The maximum absolute atomic E-state index is 12.8. The summed E-state index contributed by atoms with van der Waals surface area (Å²) in [5, 5.41) is 0. The van der Waals surface area contributed by atoms with Crippen LogP contribution in [0.2, 0.25) is 0 Å². The van der Waals surface area contributed by atoms with Crippen molar-refractivity contribution in [3.05, 3.63) is 59.9 Å². The van der Waals surface area contributed by atoms with Crippen LogP contribution in [-0.2, 0) is 9.84 Å². The first-order chi connectivity index (χ1) is 9.92. The maximum Gasteiger partial charge on any atom is 0.185 e. The fourth-order valence-corrected chi connectivity index (χ4v) is 3.03. The Morgan fingerprint density at radius 1 is 1.14 bits per heavy atom. The molecule has 0 heterocycles. The number of ether oxygens (including phenoxy) is 1. The molecule has 0 atom stereocenters. The van der Waals surface area contributed by atoms with E-state index >= 15 is 0 Å². The smallest absolute Gasteiger partial charge is 0.185 e. The first kappa shape index (κ1) is 15.2. The van der Waals surface area contributed by atoms with Crippen molar-refractivity contribution in [2.75, 3.05) is 12.9 Å². The normalized spacial score (nSPS) is 11.1. The number of sulfone groups is 1. The summed E-state index contributed by atoms with van der Waals surface area (Å²) in [6.07, 6.45) is 0. The van der Waals surface area contributed by atoms with Gasteiger partial charge in [-0.25, -0.2) is 12.8 Å². The van der Waals surface area contributed by atoms with Gasteiger partial charge >= 0.3 is 0 Å². The third kappa shape index (κ3) is 3.66. The molecule has 0 amide bonds. The van der Waals surface area contributed by atoms with Crippen LogP contribution in [0.1, 0.15) is 10.4 Å². The highest BCUT2D eigenvalue weighted by Gasteiger charge is 2.20. The van der Waals surface area contributed by atoms with Crippen molar-refractivity contribution in [2.24, 2.45) is 0 Å². The molecule has 4 nitrogen and oxygen atoms in total. The van der Waals surface area contributed by atoms with Crippen molar-refractivity contribution < 1.29 is 22.3 Å². The molecule has 110 valence electrons. The molecule has 0 aliphatic heterocycles. The van der Waals surface area contributed by atoms with Gasteiger partial charge in [-0.1, -0.05) is 6.07 Å². The summed E-state index contributed by atoms with van der Waals surface area (Å²) >= 11 is 0. The van der Waals surface area contributed by atoms with Crippen LogP contribution in [0.25, 0.3) is 0 Å². The highest BCUT2D eigenvalue weighted by Crippen LogP contribution is 2.19. The van der Waals surface area contributed by atoms with Gasteiger partial charge in [-0.05, 0) is 42.5 Å². The third-order valence-electron chi connectivity index (χ3n) is 2.89. The van der Waals surface area contributed by atoms with E-state index in [-0.39, 0.29) is 10.5 Å². The van der Waals surface area contributed by atoms with E-state index in [4.69, 9.17) is 4.74 Å². The quantitative estimate of drug-likeness (QED) is 0.796. The van der Waals surface area contributed by atoms with Gasteiger partial charge in [0.15, 0.2) is 15.6 Å². The van der Waals surface area contributed by atoms with E-state index < -0.39 is 27.2 Å². The number of hydrogen-bond donors (Lipinski definition) is 0. The monoisotopic (exact) mass is 308 g/mol. The zero-order valence-electron chi connectivity index (χ0n) is 11.2. The number of methoxy groups -OCH3 is 1. The molecule has 0 fully saturated rings. The Morgan fingerprint density at radius 2 is 1.81 bits per heavy atom. The Labute approximate surface area is 122 Å². The molecular weight excluding hydrogens is 295 g/mol. The molecule has 2 aromatic rings. The Bertz CT molecular complexity index is 751. The molecule has 0 N–H and O–H groups in total. The lowest BCUT2D eigenvalue weighted by Gasteiger charge is -2.06. The van der Waals surface area contributed by atoms with E-state index in [1.807, 2.05) is 0 Å². The Balaban J connectivity index is 2.24. The van der Waals surface area contributed by atoms with Crippen molar-refractivity contribution in [2.45, 2.75) is 4.90 Å². The first-order valence-corrected chi connectivity index (χ1v) is 7.73. The number of rotatable bonds is 5. The van der Waals surface area contributed by atoms with Crippen molar-refractivity contribution in [3.63, 3.8) is 0 Å². The number of carbonyl (C=O) groups is 1. The number of halogens is 1. The van der Waals surface area contributed by atoms with Crippen LogP contribution in [-0.4, -0.2) is 27.1 Å². The van der Waals surface area contributed by atoms with E-state index in [1.54, 1.807) is 6.07 Å². The van der Waals surface area contributed by atoms with Crippen LogP contribution < -0.4 is 4.74 Å². The summed E-state index contributed by atoms with van der Waals surface area (Å²) in [7, 11) is -2.35. The Hall–Kier alpha value is -2.21. The van der Waals surface area contributed by atoms with E-state index in [0.717, 1.165) is 12.1 Å². The van der Waals surface area contributed by atoms with Gasteiger partial charge in [-0.3, -0.25) is 4.79 Å². The molecule has 0 bridgehead atoms. The Morgan fingerprint density at radius 3 is 2.43 bits per heavy atom. The summed E-state index contributed by atoms with van der Waals surface area (Å²) in [5.41, 5.74) is 0.155. The molecule has 0 aliphatic rings. The number of carbonyl (C=O) groups excluding carboxylic acids is 1. The average molecular weight is 308 g/mol. The minimum atomic E-state index is -3.77. The van der Waals surface area contributed by atoms with Crippen LogP contribution >= 0.6 is 0 Å². The summed E-state index contributed by atoms with van der Waals surface area (Å²) in [6.45, 7) is 0. The summed E-state index contributed by atoms with van der Waals surface area (Å²) in [5.74, 6) is -1.35. The lowest BCUT2D eigenvalue weighted by Crippen LogP contribution is -2.16. The van der Waals surface area contributed by atoms with Gasteiger partial charge in [0.1, 0.15) is 17.3 Å². The molecule has 0 saturated heterocycles. The van der Waals surface area contributed by atoms with Crippen LogP contribution in [0.5, 0.6) is 5.75 Å². The SMILES string of the molecule is COc1cccc(S(=O)(=O)CC(=O)c2ccc(F)cc2)c1. The van der Waals surface area contributed by atoms with Crippen LogP contribution in [0, 0.1) is 5.82 Å². The molecular formula is C15H13FO4S. The minimum Gasteiger partial charge on any atom is -0.497 e. The predicted molar refractivity (Wildman–Crippen MR) is 75.8 cm³/mol. The fourth-order valence-electron chi connectivity index (χ4n) is 1.77. The molecule has 2 aromatic carbocycles. The second-order valence-electron chi connectivity index (χ2n) is 4.37. The van der Waals surface area contributed by atoms with Crippen molar-refractivity contribution in [1.82, 2.24) is 0 Å². The topological polar surface area (TPSA) is 60.4 Å². The van der Waals surface area contributed by atoms with Gasteiger partial charge in [0.25, 0.3) is 0 Å². The molecule has 0 radical (unpaired) electrons. The zero-order valence-corrected chi connectivity index (χ0v) is 12.1. The maximum atomic E-state index is 12.8. The number of hydrogen-bond acceptors (Lipinski definition) is 4. The average Bonchev–Trinajstić information content (AvgIpc) is 2.47. The second kappa shape index (κ2) is 6.05. The molecule has 0 saturated carbocycles. The fraction of sp³-hybridized carbons (Fsp3) is 0.133. The zero-order chi connectivity index (χ0) is 15.5. The van der Waals surface area contributed by atoms with Crippen LogP contribution in [0.3, 0.4) is 0 Å². The van der Waals surface area contributed by atoms with Crippen molar-refractivity contribution in [1.29, 1.82) is 0 Å². The highest BCUT2D eigenvalue weighted by atomic mass is 32.2. The van der Waals surface area contributed by atoms with Gasteiger partial charge in [0.05, 0.1) is 12.0 Å². The number of benzene rings is 2. The lowest BCUT2D eigenvalue weighted by molar-refractivity contribution is 0.102. The van der Waals surface area contributed by atoms with Crippen LogP contribution in [0.15, 0.2) is 53.4 Å². The summed E-state index contributed by atoms with van der Waals surface area (Å²) in [6, 6.07) is 10.7. The molecule has 2 rings (SSSR count). The number of Topliss-reactive ketones (excluding diaryl/α,β-unsaturated/α-hetero) is 1. The highest BCUT2D eigenvalue weighted by molar-refractivity contribution is 7.92.